The molecule has 0 N–H and O–H groups in total. The average Bonchev–Trinajstić information content (AvgIpc) is 2.88. The van der Waals surface area contributed by atoms with E-state index in [-0.39, 0.29) is 12.0 Å². The molecule has 0 aliphatic carbocycles. The van der Waals surface area contributed by atoms with Gasteiger partial charge in [-0.1, -0.05) is 0 Å². The van der Waals surface area contributed by atoms with E-state index in [9.17, 15) is 9.59 Å². The third kappa shape index (κ3) is 3.78. The Kier molecular flexibility index (Phi) is 4.73. The SMILES string of the molecule is Cn1nc2c(c1C(=O)N1CCOCC1)CN(C(=O)OC(C)(C)C)CC2. The molecule has 3 rings (SSSR count). The topological polar surface area (TPSA) is 76.9 Å². The van der Waals surface area contributed by atoms with Crippen LogP contribution < -0.4 is 0 Å². The molecular formula is C17H26N4O4. The van der Waals surface area contributed by atoms with Gasteiger partial charge in [0.15, 0.2) is 0 Å². The maximum absolute atomic E-state index is 12.9. The minimum absolute atomic E-state index is 0.0504. The largest absolute Gasteiger partial charge is 0.444 e. The van der Waals surface area contributed by atoms with Crippen molar-refractivity contribution >= 4 is 12.0 Å². The van der Waals surface area contributed by atoms with E-state index in [1.807, 2.05) is 20.8 Å². The van der Waals surface area contributed by atoms with Gasteiger partial charge in [-0.3, -0.25) is 9.48 Å². The summed E-state index contributed by atoms with van der Waals surface area (Å²) in [5.41, 5.74) is 1.74. The summed E-state index contributed by atoms with van der Waals surface area (Å²) in [7, 11) is 1.78. The number of ether oxygens (including phenoxy) is 2. The monoisotopic (exact) mass is 350 g/mol. The van der Waals surface area contributed by atoms with Crippen LogP contribution in [0.25, 0.3) is 0 Å². The van der Waals surface area contributed by atoms with Gasteiger partial charge in [-0.2, -0.15) is 5.10 Å². The van der Waals surface area contributed by atoms with Crippen molar-refractivity contribution in [1.29, 1.82) is 0 Å². The summed E-state index contributed by atoms with van der Waals surface area (Å²) in [6.45, 7) is 8.69. The van der Waals surface area contributed by atoms with Gasteiger partial charge in [-0.25, -0.2) is 4.79 Å². The zero-order valence-corrected chi connectivity index (χ0v) is 15.4. The Labute approximate surface area is 147 Å². The minimum Gasteiger partial charge on any atom is -0.444 e. The first kappa shape index (κ1) is 17.7. The third-order valence-corrected chi connectivity index (χ3v) is 4.35. The molecular weight excluding hydrogens is 324 g/mol. The number of fused-ring (bicyclic) bond motifs is 1. The number of nitrogens with zero attached hydrogens (tertiary/aromatic N) is 4. The number of aryl methyl sites for hydroxylation is 1. The number of rotatable bonds is 1. The van der Waals surface area contributed by atoms with Crippen molar-refractivity contribution in [3.8, 4) is 0 Å². The van der Waals surface area contributed by atoms with E-state index < -0.39 is 5.60 Å². The molecule has 1 fully saturated rings. The molecule has 1 aromatic heterocycles. The zero-order chi connectivity index (χ0) is 18.2. The number of morpholine rings is 1. The van der Waals surface area contributed by atoms with Crippen molar-refractivity contribution in [3.63, 3.8) is 0 Å². The van der Waals surface area contributed by atoms with E-state index in [1.165, 1.54) is 0 Å². The summed E-state index contributed by atoms with van der Waals surface area (Å²) >= 11 is 0. The molecule has 0 saturated carbocycles. The molecule has 0 radical (unpaired) electrons. The standard InChI is InChI=1S/C17H26N4O4/c1-17(2,3)25-16(23)21-6-5-13-12(11-21)14(19(4)18-13)15(22)20-7-9-24-10-8-20/h5-11H2,1-4H3. The fourth-order valence-corrected chi connectivity index (χ4v) is 3.17. The van der Waals surface area contributed by atoms with Crippen molar-refractivity contribution in [2.24, 2.45) is 7.05 Å². The first-order valence-electron chi connectivity index (χ1n) is 8.66. The van der Waals surface area contributed by atoms with Crippen LogP contribution in [0.1, 0.15) is 42.5 Å². The molecule has 0 spiro atoms. The lowest BCUT2D eigenvalue weighted by Gasteiger charge is -2.31. The van der Waals surface area contributed by atoms with Crippen LogP contribution in [-0.2, 0) is 29.5 Å². The second-order valence-electron chi connectivity index (χ2n) is 7.45. The highest BCUT2D eigenvalue weighted by molar-refractivity contribution is 5.94. The molecule has 8 nitrogen and oxygen atoms in total. The van der Waals surface area contributed by atoms with Gasteiger partial charge in [0.1, 0.15) is 11.3 Å². The number of amides is 2. The molecule has 25 heavy (non-hydrogen) atoms. The van der Waals surface area contributed by atoms with Crippen LogP contribution in [0, 0.1) is 0 Å². The number of hydrogen-bond acceptors (Lipinski definition) is 5. The van der Waals surface area contributed by atoms with Gasteiger partial charge in [0.25, 0.3) is 5.91 Å². The summed E-state index contributed by atoms with van der Waals surface area (Å²) in [4.78, 5) is 28.7. The molecule has 2 aliphatic heterocycles. The van der Waals surface area contributed by atoms with Crippen LogP contribution in [0.15, 0.2) is 0 Å². The Morgan fingerprint density at radius 2 is 1.80 bits per heavy atom. The lowest BCUT2D eigenvalue weighted by atomic mass is 10.0. The normalized spacial score (nSPS) is 18.1. The van der Waals surface area contributed by atoms with Crippen LogP contribution >= 0.6 is 0 Å². The lowest BCUT2D eigenvalue weighted by molar-refractivity contribution is 0.0217. The Morgan fingerprint density at radius 3 is 2.44 bits per heavy atom. The highest BCUT2D eigenvalue weighted by Crippen LogP contribution is 2.25. The molecule has 0 atom stereocenters. The molecule has 0 aromatic carbocycles. The second kappa shape index (κ2) is 6.67. The van der Waals surface area contributed by atoms with E-state index in [1.54, 1.807) is 21.5 Å². The fourth-order valence-electron chi connectivity index (χ4n) is 3.17. The molecule has 0 bridgehead atoms. The molecule has 0 unspecified atom stereocenters. The smallest absolute Gasteiger partial charge is 0.410 e. The minimum atomic E-state index is -0.543. The van der Waals surface area contributed by atoms with Crippen LogP contribution in [0.4, 0.5) is 4.79 Å². The van der Waals surface area contributed by atoms with Gasteiger partial charge in [0, 0.05) is 38.7 Å². The van der Waals surface area contributed by atoms with Crippen LogP contribution in [-0.4, -0.2) is 70.0 Å². The second-order valence-corrected chi connectivity index (χ2v) is 7.45. The third-order valence-electron chi connectivity index (χ3n) is 4.35. The molecule has 3 heterocycles. The van der Waals surface area contributed by atoms with Crippen LogP contribution in [0.5, 0.6) is 0 Å². The molecule has 2 amide bonds. The summed E-state index contributed by atoms with van der Waals surface area (Å²) in [6.07, 6.45) is 0.269. The van der Waals surface area contributed by atoms with Gasteiger partial charge in [0.2, 0.25) is 0 Å². The van der Waals surface area contributed by atoms with Gasteiger partial charge < -0.3 is 19.3 Å². The summed E-state index contributed by atoms with van der Waals surface area (Å²) in [5.74, 6) is -0.0504. The molecule has 138 valence electrons. The van der Waals surface area contributed by atoms with Crippen LogP contribution in [0.2, 0.25) is 0 Å². The maximum atomic E-state index is 12.9. The summed E-state index contributed by atoms with van der Waals surface area (Å²) < 4.78 is 12.4. The summed E-state index contributed by atoms with van der Waals surface area (Å²) in [5, 5.41) is 4.49. The first-order chi connectivity index (χ1) is 11.8. The molecule has 2 aliphatic rings. The van der Waals surface area contributed by atoms with Crippen molar-refractivity contribution < 1.29 is 19.1 Å². The number of carbonyl (C=O) groups is 2. The Morgan fingerprint density at radius 1 is 1.12 bits per heavy atom. The van der Waals surface area contributed by atoms with Crippen molar-refractivity contribution in [2.75, 3.05) is 32.8 Å². The van der Waals surface area contributed by atoms with Gasteiger partial charge in [0.05, 0.1) is 25.5 Å². The predicted octanol–water partition coefficient (Wildman–Crippen LogP) is 1.19. The van der Waals surface area contributed by atoms with Gasteiger partial charge >= 0.3 is 6.09 Å². The van der Waals surface area contributed by atoms with Crippen molar-refractivity contribution in [1.82, 2.24) is 19.6 Å². The fraction of sp³-hybridized carbons (Fsp3) is 0.706. The van der Waals surface area contributed by atoms with E-state index in [0.29, 0.717) is 51.5 Å². The Hall–Kier alpha value is -2.09. The quantitative estimate of drug-likeness (QED) is 0.760. The lowest BCUT2D eigenvalue weighted by Crippen LogP contribution is -2.43. The number of aromatic nitrogens is 2. The van der Waals surface area contributed by atoms with Gasteiger partial charge in [-0.05, 0) is 20.8 Å². The van der Waals surface area contributed by atoms with Gasteiger partial charge in [-0.15, -0.1) is 0 Å². The number of carbonyl (C=O) groups excluding carboxylic acids is 2. The van der Waals surface area contributed by atoms with E-state index in [2.05, 4.69) is 5.10 Å². The van der Waals surface area contributed by atoms with E-state index >= 15 is 0 Å². The molecule has 8 heteroatoms. The summed E-state index contributed by atoms with van der Waals surface area (Å²) in [6, 6.07) is 0. The van der Waals surface area contributed by atoms with Crippen LogP contribution in [0.3, 0.4) is 0 Å². The maximum Gasteiger partial charge on any atom is 0.410 e. The Bertz CT molecular complexity index is 671. The number of hydrogen-bond donors (Lipinski definition) is 0. The van der Waals surface area contributed by atoms with Crippen molar-refractivity contribution in [2.45, 2.75) is 39.3 Å². The van der Waals surface area contributed by atoms with E-state index in [4.69, 9.17) is 9.47 Å². The molecule has 1 saturated heterocycles. The first-order valence-corrected chi connectivity index (χ1v) is 8.66. The van der Waals surface area contributed by atoms with Crippen molar-refractivity contribution in [3.05, 3.63) is 17.0 Å². The Balaban J connectivity index is 1.81. The zero-order valence-electron chi connectivity index (χ0n) is 15.4. The molecule has 1 aromatic rings. The highest BCUT2D eigenvalue weighted by atomic mass is 16.6. The highest BCUT2D eigenvalue weighted by Gasteiger charge is 2.33. The average molecular weight is 350 g/mol. The predicted molar refractivity (Wildman–Crippen MR) is 90.3 cm³/mol. The van der Waals surface area contributed by atoms with E-state index in [0.717, 1.165) is 11.3 Å².